The number of nitrogens with zero attached hydrogens (tertiary/aromatic N) is 1. The van der Waals surface area contributed by atoms with Gasteiger partial charge in [-0.1, -0.05) is 43.2 Å². The zero-order valence-corrected chi connectivity index (χ0v) is 12.9. The number of nitrogens with one attached hydrogen (secondary N) is 1. The predicted octanol–water partition coefficient (Wildman–Crippen LogP) is 2.55. The number of hydrogen-bond donors (Lipinski definition) is 2. The van der Waals surface area contributed by atoms with E-state index in [1.54, 1.807) is 0 Å². The SMILES string of the molecule is OCC1(NC2CCN(Cc3ccccc3)CC2)CCCC1. The molecule has 1 saturated carbocycles. The maximum Gasteiger partial charge on any atom is 0.0613 e. The lowest BCUT2D eigenvalue weighted by Gasteiger charge is -2.38. The fourth-order valence-electron chi connectivity index (χ4n) is 3.91. The molecule has 21 heavy (non-hydrogen) atoms. The van der Waals surface area contributed by atoms with E-state index in [9.17, 15) is 5.11 Å². The predicted molar refractivity (Wildman–Crippen MR) is 86.2 cm³/mol. The van der Waals surface area contributed by atoms with E-state index in [-0.39, 0.29) is 5.54 Å². The molecule has 0 bridgehead atoms. The molecule has 1 saturated heterocycles. The molecular weight excluding hydrogens is 260 g/mol. The Hall–Kier alpha value is -0.900. The Morgan fingerprint density at radius 1 is 1.10 bits per heavy atom. The van der Waals surface area contributed by atoms with Crippen molar-refractivity contribution in [2.24, 2.45) is 0 Å². The Bertz CT molecular complexity index is 420. The van der Waals surface area contributed by atoms with Crippen LogP contribution >= 0.6 is 0 Å². The average Bonchev–Trinajstić information content (AvgIpc) is 2.99. The summed E-state index contributed by atoms with van der Waals surface area (Å²) in [6, 6.07) is 11.3. The van der Waals surface area contributed by atoms with Crippen LogP contribution in [-0.2, 0) is 6.54 Å². The van der Waals surface area contributed by atoms with Gasteiger partial charge in [0.25, 0.3) is 0 Å². The van der Waals surface area contributed by atoms with Crippen molar-refractivity contribution in [1.82, 2.24) is 10.2 Å². The van der Waals surface area contributed by atoms with E-state index >= 15 is 0 Å². The molecule has 1 aliphatic carbocycles. The van der Waals surface area contributed by atoms with Gasteiger partial charge >= 0.3 is 0 Å². The van der Waals surface area contributed by atoms with Crippen molar-refractivity contribution in [2.45, 2.75) is 56.7 Å². The van der Waals surface area contributed by atoms with Crippen molar-refractivity contribution in [3.05, 3.63) is 35.9 Å². The highest BCUT2D eigenvalue weighted by Crippen LogP contribution is 2.30. The van der Waals surface area contributed by atoms with Crippen molar-refractivity contribution < 1.29 is 5.11 Å². The molecule has 0 aromatic heterocycles. The van der Waals surface area contributed by atoms with Gasteiger partial charge in [0, 0.05) is 18.1 Å². The molecule has 3 rings (SSSR count). The van der Waals surface area contributed by atoms with Gasteiger partial charge in [0.2, 0.25) is 0 Å². The first-order valence-corrected chi connectivity index (χ1v) is 8.44. The molecule has 1 heterocycles. The van der Waals surface area contributed by atoms with Crippen LogP contribution < -0.4 is 5.32 Å². The summed E-state index contributed by atoms with van der Waals surface area (Å²) in [5, 5.41) is 13.5. The Morgan fingerprint density at radius 3 is 2.38 bits per heavy atom. The third kappa shape index (κ3) is 3.85. The van der Waals surface area contributed by atoms with Gasteiger partial charge in [-0.2, -0.15) is 0 Å². The molecule has 2 aliphatic rings. The third-order valence-electron chi connectivity index (χ3n) is 5.21. The van der Waals surface area contributed by atoms with Gasteiger partial charge in [-0.25, -0.2) is 0 Å². The number of aliphatic hydroxyl groups is 1. The van der Waals surface area contributed by atoms with E-state index in [4.69, 9.17) is 0 Å². The summed E-state index contributed by atoms with van der Waals surface area (Å²) in [6.45, 7) is 3.69. The zero-order valence-electron chi connectivity index (χ0n) is 12.9. The second-order valence-corrected chi connectivity index (χ2v) is 6.83. The van der Waals surface area contributed by atoms with Crippen LogP contribution in [0.2, 0.25) is 0 Å². The number of rotatable bonds is 5. The first-order chi connectivity index (χ1) is 10.3. The van der Waals surface area contributed by atoms with Crippen LogP contribution in [0, 0.1) is 0 Å². The highest BCUT2D eigenvalue weighted by atomic mass is 16.3. The van der Waals surface area contributed by atoms with Gasteiger partial charge in [-0.05, 0) is 44.3 Å². The van der Waals surface area contributed by atoms with E-state index in [0.717, 1.165) is 32.5 Å². The summed E-state index contributed by atoms with van der Waals surface area (Å²) < 4.78 is 0. The number of hydrogen-bond acceptors (Lipinski definition) is 3. The Kier molecular flexibility index (Phi) is 4.94. The highest BCUT2D eigenvalue weighted by molar-refractivity contribution is 5.14. The van der Waals surface area contributed by atoms with Gasteiger partial charge in [0.1, 0.15) is 0 Å². The first-order valence-electron chi connectivity index (χ1n) is 8.44. The van der Waals surface area contributed by atoms with Gasteiger partial charge < -0.3 is 10.4 Å². The average molecular weight is 288 g/mol. The molecule has 2 fully saturated rings. The van der Waals surface area contributed by atoms with Crippen LogP contribution in [-0.4, -0.2) is 41.3 Å². The van der Waals surface area contributed by atoms with Gasteiger partial charge in [0.15, 0.2) is 0 Å². The minimum Gasteiger partial charge on any atom is -0.394 e. The normalized spacial score (nSPS) is 23.5. The number of benzene rings is 1. The molecule has 0 atom stereocenters. The number of likely N-dealkylation sites (tertiary alicyclic amines) is 1. The maximum atomic E-state index is 9.72. The Balaban J connectivity index is 1.47. The second kappa shape index (κ2) is 6.91. The van der Waals surface area contributed by atoms with Crippen molar-refractivity contribution >= 4 is 0 Å². The molecule has 1 aromatic rings. The van der Waals surface area contributed by atoms with E-state index < -0.39 is 0 Å². The van der Waals surface area contributed by atoms with Crippen LogP contribution in [0.1, 0.15) is 44.1 Å². The molecule has 116 valence electrons. The summed E-state index contributed by atoms with van der Waals surface area (Å²) >= 11 is 0. The van der Waals surface area contributed by atoms with E-state index in [1.807, 2.05) is 0 Å². The molecule has 3 heteroatoms. The molecule has 3 nitrogen and oxygen atoms in total. The zero-order chi connectivity index (χ0) is 14.5. The number of piperidine rings is 1. The minimum absolute atomic E-state index is 0.0340. The van der Waals surface area contributed by atoms with Crippen LogP contribution in [0.5, 0.6) is 0 Å². The summed E-state index contributed by atoms with van der Waals surface area (Å²) in [7, 11) is 0. The lowest BCUT2D eigenvalue weighted by molar-refractivity contribution is 0.120. The third-order valence-corrected chi connectivity index (χ3v) is 5.21. The Morgan fingerprint density at radius 2 is 1.76 bits per heavy atom. The van der Waals surface area contributed by atoms with Crippen molar-refractivity contribution in [2.75, 3.05) is 19.7 Å². The lowest BCUT2D eigenvalue weighted by atomic mass is 9.94. The first kappa shape index (κ1) is 15.0. The molecular formula is C18H28N2O. The number of aliphatic hydroxyl groups excluding tert-OH is 1. The van der Waals surface area contributed by atoms with Crippen molar-refractivity contribution in [3.63, 3.8) is 0 Å². The van der Waals surface area contributed by atoms with Gasteiger partial charge in [-0.3, -0.25) is 4.90 Å². The summed E-state index contributed by atoms with van der Waals surface area (Å²) in [5.74, 6) is 0. The minimum atomic E-state index is 0.0340. The van der Waals surface area contributed by atoms with Crippen LogP contribution in [0.15, 0.2) is 30.3 Å². The van der Waals surface area contributed by atoms with Crippen molar-refractivity contribution in [3.8, 4) is 0 Å². The standard InChI is InChI=1S/C18H28N2O/c21-15-18(10-4-5-11-18)19-17-8-12-20(13-9-17)14-16-6-2-1-3-7-16/h1-3,6-7,17,19,21H,4-5,8-15H2. The fraction of sp³-hybridized carbons (Fsp3) is 0.667. The maximum absolute atomic E-state index is 9.72. The topological polar surface area (TPSA) is 35.5 Å². The van der Waals surface area contributed by atoms with E-state index in [0.29, 0.717) is 12.6 Å². The van der Waals surface area contributed by atoms with E-state index in [2.05, 4.69) is 40.5 Å². The van der Waals surface area contributed by atoms with Gasteiger partial charge in [0.05, 0.1) is 6.61 Å². The molecule has 0 unspecified atom stereocenters. The lowest BCUT2D eigenvalue weighted by Crippen LogP contribution is -2.54. The monoisotopic (exact) mass is 288 g/mol. The Labute approximate surface area is 128 Å². The smallest absolute Gasteiger partial charge is 0.0613 e. The summed E-state index contributed by atoms with van der Waals surface area (Å²) in [5.41, 5.74) is 1.44. The second-order valence-electron chi connectivity index (χ2n) is 6.83. The molecule has 0 radical (unpaired) electrons. The largest absolute Gasteiger partial charge is 0.394 e. The molecule has 1 aromatic carbocycles. The van der Waals surface area contributed by atoms with Crippen LogP contribution in [0.3, 0.4) is 0 Å². The molecule has 2 N–H and O–H groups in total. The van der Waals surface area contributed by atoms with Crippen LogP contribution in [0.25, 0.3) is 0 Å². The van der Waals surface area contributed by atoms with Crippen LogP contribution in [0.4, 0.5) is 0 Å². The van der Waals surface area contributed by atoms with E-state index in [1.165, 1.54) is 31.2 Å². The highest BCUT2D eigenvalue weighted by Gasteiger charge is 2.35. The molecule has 0 spiro atoms. The quantitative estimate of drug-likeness (QED) is 0.874. The summed E-state index contributed by atoms with van der Waals surface area (Å²) in [6.07, 6.45) is 7.23. The summed E-state index contributed by atoms with van der Waals surface area (Å²) in [4.78, 5) is 2.55. The fourth-order valence-corrected chi connectivity index (χ4v) is 3.91. The molecule has 1 aliphatic heterocycles. The molecule has 0 amide bonds. The van der Waals surface area contributed by atoms with Gasteiger partial charge in [-0.15, -0.1) is 0 Å². The van der Waals surface area contributed by atoms with Crippen molar-refractivity contribution in [1.29, 1.82) is 0 Å².